The van der Waals surface area contributed by atoms with Crippen LogP contribution in [0.2, 0.25) is 0 Å². The summed E-state index contributed by atoms with van der Waals surface area (Å²) in [7, 11) is 6.33. The summed E-state index contributed by atoms with van der Waals surface area (Å²) in [5, 5.41) is 0. The second kappa shape index (κ2) is 45.1. The fourth-order valence-electron chi connectivity index (χ4n) is 0. The molecular formula is H2BCoMoNiPW. The van der Waals surface area contributed by atoms with Crippen LogP contribution in [-0.4, -0.2) is 7.57 Å². The number of hydrogen-bond donors (Lipinski definition) is 0. The van der Waals surface area contributed by atoms with E-state index in [2.05, 4.69) is 7.57 Å². The van der Waals surface area contributed by atoms with Crippen molar-refractivity contribution in [2.24, 2.45) is 0 Å². The van der Waals surface area contributed by atoms with E-state index < -0.39 is 0 Å². The maximum atomic E-state index is 4.42. The zero-order valence-corrected chi connectivity index (χ0v) is 10.7. The van der Waals surface area contributed by atoms with Crippen molar-refractivity contribution in [2.45, 2.75) is 0 Å². The van der Waals surface area contributed by atoms with Crippen molar-refractivity contribution in [3.8, 4) is 0 Å². The van der Waals surface area contributed by atoms with Crippen molar-refractivity contribution >= 4 is 16.7 Å². The molecule has 41 valence electrons. The van der Waals surface area contributed by atoms with Crippen LogP contribution in [0.4, 0.5) is 0 Å². The summed E-state index contributed by atoms with van der Waals surface area (Å²) >= 11 is 0. The maximum absolute atomic E-state index is 4.42. The Morgan fingerprint density at radius 1 is 1.17 bits per heavy atom. The van der Waals surface area contributed by atoms with E-state index in [1.807, 2.05) is 9.12 Å². The number of rotatable bonds is 0. The standard InChI is InChI=1S/BH2P.Co.Mo.Ni.W/c1-2;;;;/h2H2;;;;. The van der Waals surface area contributed by atoms with E-state index in [4.69, 9.17) is 0 Å². The molecule has 0 aliphatic carbocycles. The van der Waals surface area contributed by atoms with Crippen LogP contribution in [-0.2, 0) is 75.4 Å². The van der Waals surface area contributed by atoms with Gasteiger partial charge in [0.2, 0.25) is 0 Å². The van der Waals surface area contributed by atoms with Crippen molar-refractivity contribution in [1.29, 1.82) is 0 Å². The first-order valence-corrected chi connectivity index (χ1v) is 1.00. The van der Waals surface area contributed by atoms with Gasteiger partial charge in [0.25, 0.3) is 0 Å². The Bertz CT molecular complexity index is 15.5. The third-order valence-electron chi connectivity index (χ3n) is 0. The molecule has 6 heavy (non-hydrogen) atoms. The van der Waals surface area contributed by atoms with Gasteiger partial charge in [-0.25, -0.2) is 0 Å². The van der Waals surface area contributed by atoms with E-state index in [0.29, 0.717) is 0 Å². The van der Waals surface area contributed by atoms with Crippen LogP contribution in [0, 0.1) is 0 Å². The topological polar surface area (TPSA) is 0 Å². The quantitative estimate of drug-likeness (QED) is 0.365. The van der Waals surface area contributed by atoms with Crippen molar-refractivity contribution < 1.29 is 75.4 Å². The Morgan fingerprint density at radius 2 is 1.17 bits per heavy atom. The second-order valence-electron chi connectivity index (χ2n) is 0. The van der Waals surface area contributed by atoms with Crippen LogP contribution in [0.3, 0.4) is 0 Å². The van der Waals surface area contributed by atoms with Gasteiger partial charge in [-0.2, -0.15) is 9.12 Å². The van der Waals surface area contributed by atoms with Gasteiger partial charge in [0.1, 0.15) is 0 Å². The van der Waals surface area contributed by atoms with E-state index in [9.17, 15) is 0 Å². The van der Waals surface area contributed by atoms with Crippen LogP contribution in [0.5, 0.6) is 0 Å². The average molecular weight is 441 g/mol. The Morgan fingerprint density at radius 3 is 1.17 bits per heavy atom. The predicted octanol–water partition coefficient (Wildman–Crippen LogP) is -0.0650. The molecule has 0 bridgehead atoms. The molecule has 6 heteroatoms. The largest absolute Gasteiger partial charge is 0.187 e. The third kappa shape index (κ3) is 28.7. The van der Waals surface area contributed by atoms with E-state index in [-0.39, 0.29) is 75.4 Å². The Hall–Kier alpha value is 2.87. The zero-order chi connectivity index (χ0) is 2.00. The van der Waals surface area contributed by atoms with E-state index in [1.165, 1.54) is 0 Å². The van der Waals surface area contributed by atoms with Crippen LogP contribution in [0.25, 0.3) is 0 Å². The maximum Gasteiger partial charge on any atom is 0.0996 e. The Kier molecular flexibility index (Phi) is 276. The normalized spacial score (nSPS) is 0.833. The second-order valence-corrected chi connectivity index (χ2v) is 0. The molecule has 0 spiro atoms. The minimum atomic E-state index is 0. The molecule has 0 aromatic carbocycles. The van der Waals surface area contributed by atoms with Crippen LogP contribution < -0.4 is 0 Å². The van der Waals surface area contributed by atoms with Gasteiger partial charge in [-0.3, -0.25) is 0 Å². The van der Waals surface area contributed by atoms with E-state index in [1.54, 1.807) is 0 Å². The molecule has 1 atom stereocenters. The molecule has 0 N–H and O–H groups in total. The molecule has 3 radical (unpaired) electrons. The van der Waals surface area contributed by atoms with Crippen molar-refractivity contribution in [3.63, 3.8) is 0 Å². The first-order valence-electron chi connectivity index (χ1n) is 0.333. The molecule has 0 saturated carbocycles. The summed E-state index contributed by atoms with van der Waals surface area (Å²) in [6, 6.07) is 0. The monoisotopic (exact) mass is 443 g/mol. The van der Waals surface area contributed by atoms with Gasteiger partial charge in [0.15, 0.2) is 0 Å². The molecule has 0 saturated heterocycles. The van der Waals surface area contributed by atoms with Crippen LogP contribution >= 0.6 is 9.12 Å². The summed E-state index contributed by atoms with van der Waals surface area (Å²) in [4.78, 5) is 0. The molecule has 0 aliphatic heterocycles. The van der Waals surface area contributed by atoms with Crippen LogP contribution in [0.1, 0.15) is 0 Å². The van der Waals surface area contributed by atoms with Crippen molar-refractivity contribution in [3.05, 3.63) is 0 Å². The van der Waals surface area contributed by atoms with Crippen LogP contribution in [0.15, 0.2) is 0 Å². The van der Waals surface area contributed by atoms with E-state index >= 15 is 0 Å². The van der Waals surface area contributed by atoms with Crippen molar-refractivity contribution in [1.82, 2.24) is 0 Å². The zero-order valence-electron chi connectivity index (χ0n) is 2.62. The molecule has 0 aromatic heterocycles. The van der Waals surface area contributed by atoms with Gasteiger partial charge in [-0.05, 0) is 0 Å². The van der Waals surface area contributed by atoms with Gasteiger partial charge >= 0.3 is 0 Å². The molecule has 0 nitrogen and oxygen atoms in total. The molecule has 0 aliphatic rings. The molecule has 0 heterocycles. The average Bonchev–Trinajstić information content (AvgIpc) is 1.00. The Balaban J connectivity index is -0.000000000833. The molecule has 0 fully saturated rings. The first kappa shape index (κ1) is 36.7. The van der Waals surface area contributed by atoms with Crippen molar-refractivity contribution in [2.75, 3.05) is 0 Å². The molecular weight excluding hydrogens is 439 g/mol. The van der Waals surface area contributed by atoms with Gasteiger partial charge in [0.05, 0.1) is 7.57 Å². The van der Waals surface area contributed by atoms with Gasteiger partial charge < -0.3 is 0 Å². The third-order valence-corrected chi connectivity index (χ3v) is 0. The summed E-state index contributed by atoms with van der Waals surface area (Å²) in [6.45, 7) is 0. The molecule has 0 aromatic rings. The predicted molar refractivity (Wildman–Crippen MR) is 15.5 cm³/mol. The summed E-state index contributed by atoms with van der Waals surface area (Å²) < 4.78 is 0. The Labute approximate surface area is 91.0 Å². The minimum Gasteiger partial charge on any atom is -0.187 e. The summed E-state index contributed by atoms with van der Waals surface area (Å²) in [5.41, 5.74) is 0. The SMILES string of the molecule is [B]P.[Co].[Mo].[Ni].[W]. The smallest absolute Gasteiger partial charge is 0.0996 e. The summed E-state index contributed by atoms with van der Waals surface area (Å²) in [5.74, 6) is 0. The fourth-order valence-corrected chi connectivity index (χ4v) is 0. The number of hydrogen-bond acceptors (Lipinski definition) is 0. The summed E-state index contributed by atoms with van der Waals surface area (Å²) in [6.07, 6.45) is 0. The first-order chi connectivity index (χ1) is 1.00. The molecule has 0 amide bonds. The molecule has 0 rings (SSSR count). The van der Waals surface area contributed by atoms with Gasteiger partial charge in [0, 0.05) is 75.4 Å². The minimum absolute atomic E-state index is 0. The van der Waals surface area contributed by atoms with Gasteiger partial charge in [-0.15, -0.1) is 0 Å². The molecule has 1 unspecified atom stereocenters. The van der Waals surface area contributed by atoms with E-state index in [0.717, 1.165) is 0 Å². The fraction of sp³-hybridized carbons (Fsp3) is 0. The van der Waals surface area contributed by atoms with Gasteiger partial charge in [-0.1, -0.05) is 0 Å².